The van der Waals surface area contributed by atoms with Crippen LogP contribution in [0.15, 0.2) is 0 Å². The van der Waals surface area contributed by atoms with Crippen molar-refractivity contribution in [3.63, 3.8) is 0 Å². The van der Waals surface area contributed by atoms with E-state index in [-0.39, 0.29) is 17.8 Å². The van der Waals surface area contributed by atoms with Crippen LogP contribution in [0.1, 0.15) is 46.5 Å². The minimum atomic E-state index is -0.234. The Hall–Kier alpha value is -0.410. The van der Waals surface area contributed by atoms with E-state index < -0.39 is 0 Å². The average molecular weight is 227 g/mol. The molecule has 1 fully saturated rings. The van der Waals surface area contributed by atoms with Crippen LogP contribution in [0.5, 0.6) is 0 Å². The largest absolute Gasteiger partial charge is 0.396 e. The molecule has 1 aliphatic rings. The van der Waals surface area contributed by atoms with Crippen LogP contribution >= 0.6 is 0 Å². The molecule has 0 amide bonds. The fraction of sp³-hybridized carbons (Fsp3) is 0.923. The molecule has 3 nitrogen and oxygen atoms in total. The molecule has 3 heteroatoms. The molecule has 1 saturated heterocycles. The fourth-order valence-electron chi connectivity index (χ4n) is 2.38. The molecule has 0 saturated carbocycles. The highest BCUT2D eigenvalue weighted by Gasteiger charge is 2.32. The number of carbonyl (C=O) groups is 1. The van der Waals surface area contributed by atoms with Crippen LogP contribution < -0.4 is 0 Å². The van der Waals surface area contributed by atoms with Crippen LogP contribution in [-0.4, -0.2) is 41.5 Å². The van der Waals surface area contributed by atoms with Crippen molar-refractivity contribution in [2.45, 2.75) is 52.5 Å². The first kappa shape index (κ1) is 13.7. The topological polar surface area (TPSA) is 40.5 Å². The number of likely N-dealkylation sites (tertiary alicyclic amines) is 1. The van der Waals surface area contributed by atoms with Gasteiger partial charge in [0.25, 0.3) is 0 Å². The van der Waals surface area contributed by atoms with E-state index in [1.54, 1.807) is 6.92 Å². The molecule has 1 atom stereocenters. The lowest BCUT2D eigenvalue weighted by molar-refractivity contribution is -0.126. The van der Waals surface area contributed by atoms with Gasteiger partial charge in [0.15, 0.2) is 0 Å². The average Bonchev–Trinajstić information content (AvgIpc) is 2.61. The first-order valence-electron chi connectivity index (χ1n) is 6.33. The van der Waals surface area contributed by atoms with Gasteiger partial charge in [0, 0.05) is 24.6 Å². The maximum absolute atomic E-state index is 11.5. The predicted molar refractivity (Wildman–Crippen MR) is 65.4 cm³/mol. The zero-order chi connectivity index (χ0) is 12.2. The summed E-state index contributed by atoms with van der Waals surface area (Å²) in [6.45, 7) is 7.97. The molecule has 1 rings (SSSR count). The number of aliphatic hydroxyl groups is 1. The standard InChI is InChI=1S/C13H25NO2/c1-11(16)13(2,3)10-14-8-4-6-12(14)7-5-9-15/h12,15H,4-10H2,1-3H3. The van der Waals surface area contributed by atoms with Crippen LogP contribution in [0.4, 0.5) is 0 Å². The maximum atomic E-state index is 11.5. The molecule has 0 radical (unpaired) electrons. The zero-order valence-corrected chi connectivity index (χ0v) is 10.8. The van der Waals surface area contributed by atoms with E-state index in [0.717, 1.165) is 25.9 Å². The van der Waals surface area contributed by atoms with Crippen molar-refractivity contribution in [3.05, 3.63) is 0 Å². The molecule has 0 bridgehead atoms. The molecule has 0 aromatic carbocycles. The lowest BCUT2D eigenvalue weighted by atomic mass is 9.88. The summed E-state index contributed by atoms with van der Waals surface area (Å²) < 4.78 is 0. The first-order chi connectivity index (χ1) is 7.47. The van der Waals surface area contributed by atoms with Gasteiger partial charge < -0.3 is 5.11 Å². The van der Waals surface area contributed by atoms with Crippen LogP contribution in [0.3, 0.4) is 0 Å². The third-order valence-electron chi connectivity index (χ3n) is 3.75. The Balaban J connectivity index is 2.49. The Morgan fingerprint density at radius 1 is 1.50 bits per heavy atom. The Kier molecular flexibility index (Phi) is 4.93. The number of Topliss-reactive ketones (excluding diaryl/α,β-unsaturated/α-hetero) is 1. The monoisotopic (exact) mass is 227 g/mol. The number of aliphatic hydroxyl groups excluding tert-OH is 1. The van der Waals surface area contributed by atoms with E-state index in [1.807, 2.05) is 13.8 Å². The van der Waals surface area contributed by atoms with Gasteiger partial charge >= 0.3 is 0 Å². The van der Waals surface area contributed by atoms with Gasteiger partial charge in [0.2, 0.25) is 0 Å². The lowest BCUT2D eigenvalue weighted by Gasteiger charge is -2.32. The number of rotatable bonds is 6. The van der Waals surface area contributed by atoms with Crippen molar-refractivity contribution in [1.29, 1.82) is 0 Å². The van der Waals surface area contributed by atoms with E-state index in [9.17, 15) is 4.79 Å². The van der Waals surface area contributed by atoms with Crippen molar-refractivity contribution in [3.8, 4) is 0 Å². The van der Waals surface area contributed by atoms with E-state index >= 15 is 0 Å². The van der Waals surface area contributed by atoms with Crippen molar-refractivity contribution in [2.75, 3.05) is 19.7 Å². The predicted octanol–water partition coefficient (Wildman–Crippen LogP) is 1.84. The quantitative estimate of drug-likeness (QED) is 0.752. The van der Waals surface area contributed by atoms with Gasteiger partial charge in [-0.05, 0) is 39.2 Å². The molecule has 0 aromatic rings. The molecule has 0 aliphatic carbocycles. The van der Waals surface area contributed by atoms with Crippen LogP contribution in [-0.2, 0) is 4.79 Å². The summed E-state index contributed by atoms with van der Waals surface area (Å²) in [5.41, 5.74) is -0.234. The van der Waals surface area contributed by atoms with E-state index in [0.29, 0.717) is 6.04 Å². The molecular weight excluding hydrogens is 202 g/mol. The maximum Gasteiger partial charge on any atom is 0.136 e. The van der Waals surface area contributed by atoms with Crippen LogP contribution in [0.2, 0.25) is 0 Å². The zero-order valence-electron chi connectivity index (χ0n) is 10.8. The fourth-order valence-corrected chi connectivity index (χ4v) is 2.38. The third kappa shape index (κ3) is 3.56. The number of hydrogen-bond donors (Lipinski definition) is 1. The van der Waals surface area contributed by atoms with Gasteiger partial charge in [-0.2, -0.15) is 0 Å². The Bertz CT molecular complexity index is 238. The smallest absolute Gasteiger partial charge is 0.136 e. The van der Waals surface area contributed by atoms with Gasteiger partial charge in [-0.3, -0.25) is 9.69 Å². The van der Waals surface area contributed by atoms with E-state index in [1.165, 1.54) is 12.8 Å². The van der Waals surface area contributed by atoms with Gasteiger partial charge in [0.1, 0.15) is 5.78 Å². The van der Waals surface area contributed by atoms with Crippen molar-refractivity contribution < 1.29 is 9.90 Å². The Morgan fingerprint density at radius 2 is 2.19 bits per heavy atom. The minimum absolute atomic E-state index is 0.234. The van der Waals surface area contributed by atoms with Crippen LogP contribution in [0.25, 0.3) is 0 Å². The second-order valence-corrected chi connectivity index (χ2v) is 5.57. The summed E-state index contributed by atoms with van der Waals surface area (Å²) in [7, 11) is 0. The molecular formula is C13H25NO2. The first-order valence-corrected chi connectivity index (χ1v) is 6.33. The summed E-state index contributed by atoms with van der Waals surface area (Å²) in [6.07, 6.45) is 4.38. The molecule has 1 unspecified atom stereocenters. The van der Waals surface area contributed by atoms with Crippen molar-refractivity contribution in [1.82, 2.24) is 4.90 Å². The minimum Gasteiger partial charge on any atom is -0.396 e. The highest BCUT2D eigenvalue weighted by atomic mass is 16.2. The summed E-state index contributed by atoms with van der Waals surface area (Å²) in [4.78, 5) is 13.9. The van der Waals surface area contributed by atoms with E-state index in [2.05, 4.69) is 4.90 Å². The summed E-state index contributed by atoms with van der Waals surface area (Å²) in [5, 5.41) is 8.86. The van der Waals surface area contributed by atoms with Crippen molar-refractivity contribution in [2.24, 2.45) is 5.41 Å². The SMILES string of the molecule is CC(=O)C(C)(C)CN1CCCC1CCCO. The van der Waals surface area contributed by atoms with Gasteiger partial charge in [0.05, 0.1) is 0 Å². The molecule has 94 valence electrons. The van der Waals surface area contributed by atoms with Gasteiger partial charge in [-0.25, -0.2) is 0 Å². The number of ketones is 1. The number of carbonyl (C=O) groups excluding carboxylic acids is 1. The number of nitrogens with zero attached hydrogens (tertiary/aromatic N) is 1. The highest BCUT2D eigenvalue weighted by molar-refractivity contribution is 5.81. The van der Waals surface area contributed by atoms with Gasteiger partial charge in [-0.1, -0.05) is 13.8 Å². The molecule has 1 aliphatic heterocycles. The second-order valence-electron chi connectivity index (χ2n) is 5.57. The number of hydrogen-bond acceptors (Lipinski definition) is 3. The molecule has 0 spiro atoms. The summed E-state index contributed by atoms with van der Waals surface area (Å²) in [5.74, 6) is 0.264. The van der Waals surface area contributed by atoms with Crippen molar-refractivity contribution >= 4 is 5.78 Å². The molecule has 0 aromatic heterocycles. The Labute approximate surface area is 98.8 Å². The summed E-state index contributed by atoms with van der Waals surface area (Å²) >= 11 is 0. The molecule has 16 heavy (non-hydrogen) atoms. The Morgan fingerprint density at radius 3 is 2.75 bits per heavy atom. The second kappa shape index (κ2) is 5.78. The van der Waals surface area contributed by atoms with Crippen LogP contribution in [0, 0.1) is 5.41 Å². The summed E-state index contributed by atoms with van der Waals surface area (Å²) in [6, 6.07) is 0.575. The molecule has 1 N–H and O–H groups in total. The normalized spacial score (nSPS) is 22.6. The highest BCUT2D eigenvalue weighted by Crippen LogP contribution is 2.27. The third-order valence-corrected chi connectivity index (χ3v) is 3.75. The molecule has 1 heterocycles. The van der Waals surface area contributed by atoms with E-state index in [4.69, 9.17) is 5.11 Å². The lowest BCUT2D eigenvalue weighted by Crippen LogP contribution is -2.40. The van der Waals surface area contributed by atoms with Gasteiger partial charge in [-0.15, -0.1) is 0 Å².